The molecule has 1 heterocycles. The molecule has 2 heteroatoms. The summed E-state index contributed by atoms with van der Waals surface area (Å²) in [6.07, 6.45) is 33.9. The van der Waals surface area contributed by atoms with E-state index in [2.05, 4.69) is 65.7 Å². The van der Waals surface area contributed by atoms with E-state index in [0.717, 1.165) is 0 Å². The van der Waals surface area contributed by atoms with E-state index in [4.69, 9.17) is 0 Å². The second-order valence-electron chi connectivity index (χ2n) is 10.7. The summed E-state index contributed by atoms with van der Waals surface area (Å²) in [6.45, 7) is 5.77. The first kappa shape index (κ1) is 29.7. The fourth-order valence-electron chi connectivity index (χ4n) is 5.29. The topological polar surface area (TPSA) is 8.81 Å². The van der Waals surface area contributed by atoms with Crippen LogP contribution in [-0.4, -0.2) is 4.57 Å². The Bertz CT molecular complexity index is 718. The lowest BCUT2D eigenvalue weighted by atomic mass is 10.0. The zero-order valence-electron chi connectivity index (χ0n) is 23.5. The van der Waals surface area contributed by atoms with Crippen molar-refractivity contribution in [2.24, 2.45) is 0 Å². The van der Waals surface area contributed by atoms with E-state index < -0.39 is 0 Å². The predicted molar refractivity (Wildman–Crippen MR) is 153 cm³/mol. The average Bonchev–Trinajstić information content (AvgIpc) is 3.29. The second-order valence-corrected chi connectivity index (χ2v) is 10.7. The van der Waals surface area contributed by atoms with Crippen LogP contribution in [0.2, 0.25) is 0 Å². The third kappa shape index (κ3) is 13.3. The molecule has 0 saturated heterocycles. The summed E-state index contributed by atoms with van der Waals surface area (Å²) in [5.74, 6) is 1.48. The van der Waals surface area contributed by atoms with Gasteiger partial charge in [0.2, 0.25) is 0 Å². The summed E-state index contributed by atoms with van der Waals surface area (Å²) in [4.78, 5) is 0. The monoisotopic (exact) mass is 481 g/mol. The molecule has 0 atom stereocenters. The third-order valence-corrected chi connectivity index (χ3v) is 7.55. The molecule has 35 heavy (non-hydrogen) atoms. The van der Waals surface area contributed by atoms with E-state index in [1.54, 1.807) is 0 Å². The molecule has 198 valence electrons. The summed E-state index contributed by atoms with van der Waals surface area (Å²) < 4.78 is 4.96. The Morgan fingerprint density at radius 2 is 1.00 bits per heavy atom. The lowest BCUT2D eigenvalue weighted by molar-refractivity contribution is -0.704. The largest absolute Gasteiger partial charge is 0.261 e. The Labute approximate surface area is 218 Å². The Kier molecular flexibility index (Phi) is 17.5. The molecule has 0 aliphatic rings. The first-order chi connectivity index (χ1) is 17.4. The maximum absolute atomic E-state index is 2.54. The summed E-state index contributed by atoms with van der Waals surface area (Å²) in [6, 6.07) is 10.9. The van der Waals surface area contributed by atoms with Gasteiger partial charge in [-0.2, -0.15) is 4.57 Å². The van der Waals surface area contributed by atoms with Crippen LogP contribution < -0.4 is 4.57 Å². The standard InChI is InChI=1S/C33H57N2/c1-3-5-7-9-10-11-12-13-14-15-16-17-18-20-25-29-34-30-31-35(32-26-22-21-23-27-32)33(34)28-24-19-8-6-4-2/h21-23,26-27,30-31H,3-20,24-25,28-29H2,1-2H3/q+1. The lowest BCUT2D eigenvalue weighted by Gasteiger charge is -2.06. The molecular weight excluding hydrogens is 424 g/mol. The van der Waals surface area contributed by atoms with Crippen molar-refractivity contribution in [1.29, 1.82) is 0 Å². The highest BCUT2D eigenvalue weighted by molar-refractivity contribution is 5.31. The van der Waals surface area contributed by atoms with E-state index in [9.17, 15) is 0 Å². The Balaban J connectivity index is 1.59. The number of unbranched alkanes of at least 4 members (excludes halogenated alkanes) is 18. The summed E-state index contributed by atoms with van der Waals surface area (Å²) in [5, 5.41) is 0. The molecule has 1 aromatic heterocycles. The van der Waals surface area contributed by atoms with E-state index in [0.29, 0.717) is 0 Å². The molecule has 0 amide bonds. The average molecular weight is 482 g/mol. The van der Waals surface area contributed by atoms with Crippen molar-refractivity contribution in [1.82, 2.24) is 4.57 Å². The van der Waals surface area contributed by atoms with Crippen molar-refractivity contribution in [2.45, 2.75) is 155 Å². The van der Waals surface area contributed by atoms with Crippen LogP contribution in [0.5, 0.6) is 0 Å². The van der Waals surface area contributed by atoms with Gasteiger partial charge in [-0.3, -0.25) is 0 Å². The second kappa shape index (κ2) is 20.6. The van der Waals surface area contributed by atoms with Gasteiger partial charge in [-0.25, -0.2) is 4.57 Å². The van der Waals surface area contributed by atoms with Crippen molar-refractivity contribution in [2.75, 3.05) is 0 Å². The molecule has 0 bridgehead atoms. The number of hydrogen-bond donors (Lipinski definition) is 0. The van der Waals surface area contributed by atoms with Crippen LogP contribution in [-0.2, 0) is 13.0 Å². The lowest BCUT2D eigenvalue weighted by Crippen LogP contribution is -2.37. The molecule has 0 aliphatic carbocycles. The van der Waals surface area contributed by atoms with Crippen molar-refractivity contribution in [3.05, 3.63) is 48.5 Å². The molecule has 1 aromatic carbocycles. The molecular formula is C33H57N2+. The van der Waals surface area contributed by atoms with Gasteiger partial charge in [0.1, 0.15) is 18.1 Å². The highest BCUT2D eigenvalue weighted by Gasteiger charge is 2.18. The summed E-state index contributed by atoms with van der Waals surface area (Å²) >= 11 is 0. The molecule has 0 saturated carbocycles. The maximum Gasteiger partial charge on any atom is 0.261 e. The van der Waals surface area contributed by atoms with Crippen molar-refractivity contribution >= 4 is 0 Å². The minimum Gasteiger partial charge on any atom is -0.234 e. The first-order valence-corrected chi connectivity index (χ1v) is 15.5. The smallest absolute Gasteiger partial charge is 0.234 e. The molecule has 2 rings (SSSR count). The molecule has 0 unspecified atom stereocenters. The van der Waals surface area contributed by atoms with Gasteiger partial charge in [-0.15, -0.1) is 0 Å². The van der Waals surface area contributed by atoms with Crippen LogP contribution in [0.15, 0.2) is 42.7 Å². The number of para-hydroxylation sites is 1. The van der Waals surface area contributed by atoms with Crippen LogP contribution in [0.4, 0.5) is 0 Å². The van der Waals surface area contributed by atoms with E-state index in [-0.39, 0.29) is 0 Å². The first-order valence-electron chi connectivity index (χ1n) is 15.5. The summed E-state index contributed by atoms with van der Waals surface area (Å²) in [5.41, 5.74) is 1.30. The van der Waals surface area contributed by atoms with E-state index >= 15 is 0 Å². The van der Waals surface area contributed by atoms with Gasteiger partial charge in [-0.1, -0.05) is 141 Å². The maximum atomic E-state index is 2.54. The molecule has 0 radical (unpaired) electrons. The SMILES string of the molecule is CCCCCCCCCCCCCCCCC[n+]1ccn(-c2ccccc2)c1CCCCCCC. The molecule has 0 aliphatic heterocycles. The molecule has 0 spiro atoms. The van der Waals surface area contributed by atoms with Crippen LogP contribution >= 0.6 is 0 Å². The number of aryl methyl sites for hydroxylation is 1. The van der Waals surface area contributed by atoms with Crippen molar-refractivity contribution in [3.63, 3.8) is 0 Å². The van der Waals surface area contributed by atoms with Crippen molar-refractivity contribution < 1.29 is 4.57 Å². The van der Waals surface area contributed by atoms with Gasteiger partial charge in [-0.05, 0) is 31.4 Å². The molecule has 0 N–H and O–H groups in total. The van der Waals surface area contributed by atoms with Gasteiger partial charge in [0.15, 0.2) is 0 Å². The fourth-order valence-corrected chi connectivity index (χ4v) is 5.29. The van der Waals surface area contributed by atoms with Crippen LogP contribution in [0.1, 0.15) is 148 Å². The Hall–Kier alpha value is -1.57. The highest BCUT2D eigenvalue weighted by Crippen LogP contribution is 2.15. The van der Waals surface area contributed by atoms with Gasteiger partial charge in [0.05, 0.1) is 6.54 Å². The number of benzene rings is 1. The van der Waals surface area contributed by atoms with Gasteiger partial charge >= 0.3 is 0 Å². The number of aromatic nitrogens is 2. The fraction of sp³-hybridized carbons (Fsp3) is 0.727. The zero-order valence-corrected chi connectivity index (χ0v) is 23.5. The van der Waals surface area contributed by atoms with Crippen LogP contribution in [0.3, 0.4) is 0 Å². The van der Waals surface area contributed by atoms with E-state index in [1.165, 1.54) is 153 Å². The summed E-state index contributed by atoms with van der Waals surface area (Å²) in [7, 11) is 0. The number of imidazole rings is 1. The number of hydrogen-bond acceptors (Lipinski definition) is 0. The number of rotatable bonds is 23. The minimum atomic E-state index is 1.17. The van der Waals surface area contributed by atoms with Crippen molar-refractivity contribution in [3.8, 4) is 5.69 Å². The van der Waals surface area contributed by atoms with Gasteiger partial charge in [0.25, 0.3) is 5.82 Å². The van der Waals surface area contributed by atoms with Crippen LogP contribution in [0.25, 0.3) is 5.69 Å². The van der Waals surface area contributed by atoms with Gasteiger partial charge < -0.3 is 0 Å². The third-order valence-electron chi connectivity index (χ3n) is 7.55. The zero-order chi connectivity index (χ0) is 24.8. The Morgan fingerprint density at radius 1 is 0.543 bits per heavy atom. The number of nitrogens with zero attached hydrogens (tertiary/aromatic N) is 2. The normalized spacial score (nSPS) is 11.4. The Morgan fingerprint density at radius 3 is 1.51 bits per heavy atom. The van der Waals surface area contributed by atoms with Gasteiger partial charge in [0, 0.05) is 6.42 Å². The van der Waals surface area contributed by atoms with E-state index in [1.807, 2.05) is 0 Å². The molecule has 2 nitrogen and oxygen atoms in total. The van der Waals surface area contributed by atoms with Crippen LogP contribution in [0, 0.1) is 0 Å². The minimum absolute atomic E-state index is 1.17. The predicted octanol–water partition coefficient (Wildman–Crippen LogP) is 10.1. The quantitative estimate of drug-likeness (QED) is 0.110. The highest BCUT2D eigenvalue weighted by atomic mass is 15.1. The molecule has 2 aromatic rings. The molecule has 0 fully saturated rings.